The highest BCUT2D eigenvalue weighted by Crippen LogP contribution is 2.28. The maximum atomic E-state index is 10.9. The number of anilines is 1. The van der Waals surface area contributed by atoms with Crippen molar-refractivity contribution in [1.29, 1.82) is 0 Å². The van der Waals surface area contributed by atoms with Gasteiger partial charge in [-0.25, -0.2) is 0 Å². The van der Waals surface area contributed by atoms with Crippen molar-refractivity contribution >= 4 is 28.6 Å². The fraction of sp³-hybridized carbons (Fsp3) is 0.333. The van der Waals surface area contributed by atoms with E-state index >= 15 is 0 Å². The van der Waals surface area contributed by atoms with Crippen LogP contribution < -0.4 is 5.43 Å². The Kier molecular flexibility index (Phi) is 5.47. The number of carbonyl (C=O) groups excluding carboxylic acids is 1. The zero-order chi connectivity index (χ0) is 16.0. The van der Waals surface area contributed by atoms with Crippen LogP contribution in [-0.2, 0) is 4.79 Å². The molecule has 1 N–H and O–H groups in total. The monoisotopic (exact) mass is 294 g/mol. The largest absolute Gasteiger partial charge is 0.301 e. The van der Waals surface area contributed by atoms with E-state index in [0.717, 1.165) is 12.1 Å². The van der Waals surface area contributed by atoms with E-state index in [1.54, 1.807) is 6.92 Å². The number of benzene rings is 1. The molecule has 9 nitrogen and oxygen atoms in total. The molecular weight excluding hydrogens is 280 g/mol. The van der Waals surface area contributed by atoms with E-state index in [1.807, 2.05) is 0 Å². The van der Waals surface area contributed by atoms with Gasteiger partial charge in [-0.1, -0.05) is 0 Å². The Balaban J connectivity index is 2.92. The summed E-state index contributed by atoms with van der Waals surface area (Å²) >= 11 is 0. The van der Waals surface area contributed by atoms with Crippen LogP contribution in [0.5, 0.6) is 0 Å². The van der Waals surface area contributed by atoms with E-state index in [9.17, 15) is 25.0 Å². The third-order valence-corrected chi connectivity index (χ3v) is 2.59. The van der Waals surface area contributed by atoms with Gasteiger partial charge in [0.2, 0.25) is 0 Å². The summed E-state index contributed by atoms with van der Waals surface area (Å²) in [5, 5.41) is 25.4. The van der Waals surface area contributed by atoms with Crippen LogP contribution >= 0.6 is 0 Å². The molecule has 0 unspecified atom stereocenters. The lowest BCUT2D eigenvalue weighted by Crippen LogP contribution is -2.03. The molecule has 1 aromatic rings. The number of Topliss-reactive ketones (excluding diaryl/α,β-unsaturated/α-hetero) is 1. The molecule has 0 fully saturated rings. The molecule has 1 rings (SSSR count). The highest BCUT2D eigenvalue weighted by Gasteiger charge is 2.19. The Morgan fingerprint density at radius 2 is 1.86 bits per heavy atom. The minimum Gasteiger partial charge on any atom is -0.300 e. The highest BCUT2D eigenvalue weighted by atomic mass is 16.6. The molecule has 0 radical (unpaired) electrons. The summed E-state index contributed by atoms with van der Waals surface area (Å²) in [4.78, 5) is 30.9. The first-order chi connectivity index (χ1) is 9.81. The van der Waals surface area contributed by atoms with Crippen LogP contribution in [-0.4, -0.2) is 21.3 Å². The lowest BCUT2D eigenvalue weighted by Gasteiger charge is -2.04. The average molecular weight is 294 g/mol. The molecule has 0 heterocycles. The topological polar surface area (TPSA) is 128 Å². The normalized spacial score (nSPS) is 11.0. The van der Waals surface area contributed by atoms with Crippen LogP contribution in [0, 0.1) is 20.2 Å². The van der Waals surface area contributed by atoms with E-state index in [2.05, 4.69) is 10.5 Å². The van der Waals surface area contributed by atoms with Crippen LogP contribution in [0.15, 0.2) is 23.3 Å². The SMILES string of the molecule is CC(=O)CC/C(C)=N/Nc1ccc([N+](=O)[O-])cc1[N+](=O)[O-]. The Morgan fingerprint density at radius 3 is 2.38 bits per heavy atom. The summed E-state index contributed by atoms with van der Waals surface area (Å²) in [5.41, 5.74) is 2.33. The predicted molar refractivity (Wildman–Crippen MR) is 76.4 cm³/mol. The number of rotatable bonds is 7. The minimum absolute atomic E-state index is 0.0193. The van der Waals surface area contributed by atoms with Crippen LogP contribution in [0.1, 0.15) is 26.7 Å². The summed E-state index contributed by atoms with van der Waals surface area (Å²) in [6.07, 6.45) is 0.766. The van der Waals surface area contributed by atoms with Crippen molar-refractivity contribution in [2.75, 3.05) is 5.43 Å². The Hall–Kier alpha value is -2.84. The van der Waals surface area contributed by atoms with Crippen molar-refractivity contribution in [3.8, 4) is 0 Å². The fourth-order valence-electron chi connectivity index (χ4n) is 1.45. The van der Waals surface area contributed by atoms with Gasteiger partial charge in [0.1, 0.15) is 11.5 Å². The fourth-order valence-corrected chi connectivity index (χ4v) is 1.45. The lowest BCUT2D eigenvalue weighted by atomic mass is 10.2. The maximum absolute atomic E-state index is 10.9. The van der Waals surface area contributed by atoms with Crippen molar-refractivity contribution in [3.05, 3.63) is 38.4 Å². The Morgan fingerprint density at radius 1 is 1.19 bits per heavy atom. The van der Waals surface area contributed by atoms with Gasteiger partial charge in [0, 0.05) is 18.2 Å². The molecule has 0 amide bonds. The van der Waals surface area contributed by atoms with Crippen LogP contribution in [0.25, 0.3) is 0 Å². The summed E-state index contributed by atoms with van der Waals surface area (Å²) in [6.45, 7) is 3.13. The number of nitro groups is 2. The number of hydrazone groups is 1. The first kappa shape index (κ1) is 16.2. The number of non-ortho nitro benzene ring substituents is 1. The van der Waals surface area contributed by atoms with Crippen molar-refractivity contribution in [2.24, 2.45) is 5.10 Å². The zero-order valence-corrected chi connectivity index (χ0v) is 11.5. The Bertz CT molecular complexity index is 612. The molecule has 0 saturated heterocycles. The molecule has 0 aliphatic rings. The molecule has 0 bridgehead atoms. The van der Waals surface area contributed by atoms with E-state index in [0.29, 0.717) is 18.6 Å². The van der Waals surface area contributed by atoms with Gasteiger partial charge in [0.25, 0.3) is 5.69 Å². The van der Waals surface area contributed by atoms with Crippen LogP contribution in [0.2, 0.25) is 0 Å². The minimum atomic E-state index is -0.726. The van der Waals surface area contributed by atoms with Gasteiger partial charge in [-0.15, -0.1) is 0 Å². The first-order valence-electron chi connectivity index (χ1n) is 6.02. The first-order valence-corrected chi connectivity index (χ1v) is 6.02. The quantitative estimate of drug-likeness (QED) is 0.467. The van der Waals surface area contributed by atoms with Gasteiger partial charge >= 0.3 is 5.69 Å². The van der Waals surface area contributed by atoms with Gasteiger partial charge in [-0.05, 0) is 26.3 Å². The molecule has 0 saturated carbocycles. The molecule has 9 heteroatoms. The van der Waals surface area contributed by atoms with Gasteiger partial charge in [-0.2, -0.15) is 5.10 Å². The van der Waals surface area contributed by atoms with Crippen molar-refractivity contribution in [2.45, 2.75) is 26.7 Å². The maximum Gasteiger partial charge on any atom is 0.301 e. The van der Waals surface area contributed by atoms with Crippen molar-refractivity contribution < 1.29 is 14.6 Å². The lowest BCUT2D eigenvalue weighted by molar-refractivity contribution is -0.393. The van der Waals surface area contributed by atoms with E-state index in [4.69, 9.17) is 0 Å². The zero-order valence-electron chi connectivity index (χ0n) is 11.5. The van der Waals surface area contributed by atoms with Gasteiger partial charge < -0.3 is 4.79 Å². The molecule has 0 aliphatic carbocycles. The number of hydrogen-bond donors (Lipinski definition) is 1. The smallest absolute Gasteiger partial charge is 0.300 e. The van der Waals surface area contributed by atoms with E-state index in [1.165, 1.54) is 13.0 Å². The number of carbonyl (C=O) groups is 1. The highest BCUT2D eigenvalue weighted by molar-refractivity contribution is 5.87. The predicted octanol–water partition coefficient (Wildman–Crippen LogP) is 2.66. The van der Waals surface area contributed by atoms with Gasteiger partial charge in [0.15, 0.2) is 0 Å². The van der Waals surface area contributed by atoms with Crippen molar-refractivity contribution in [3.63, 3.8) is 0 Å². The number of hydrogen-bond acceptors (Lipinski definition) is 7. The molecule has 0 aliphatic heterocycles. The van der Waals surface area contributed by atoms with Crippen LogP contribution in [0.4, 0.5) is 17.1 Å². The molecule has 112 valence electrons. The molecule has 1 aromatic carbocycles. The second kappa shape index (κ2) is 7.08. The summed E-state index contributed by atoms with van der Waals surface area (Å²) in [6, 6.07) is 3.23. The molecule has 21 heavy (non-hydrogen) atoms. The molecular formula is C12H14N4O5. The number of nitrogens with one attached hydrogen (secondary N) is 1. The second-order valence-electron chi connectivity index (χ2n) is 4.38. The van der Waals surface area contributed by atoms with Gasteiger partial charge in [0.05, 0.1) is 15.9 Å². The Labute approximate surface area is 120 Å². The third-order valence-electron chi connectivity index (χ3n) is 2.59. The molecule has 0 atom stereocenters. The third kappa shape index (κ3) is 4.97. The molecule has 0 aromatic heterocycles. The second-order valence-corrected chi connectivity index (χ2v) is 4.38. The summed E-state index contributed by atoms with van der Waals surface area (Å²) in [5.74, 6) is 0.0193. The summed E-state index contributed by atoms with van der Waals surface area (Å²) < 4.78 is 0. The number of nitrogens with zero attached hydrogens (tertiary/aromatic N) is 3. The van der Waals surface area contributed by atoms with E-state index < -0.39 is 15.5 Å². The molecule has 0 spiro atoms. The standard InChI is InChI=1S/C12H14N4O5/c1-8(3-4-9(2)17)13-14-11-6-5-10(15(18)19)7-12(11)16(20)21/h5-7,14H,3-4H2,1-2H3/b13-8+. The number of nitro benzene ring substituents is 2. The van der Waals surface area contributed by atoms with E-state index in [-0.39, 0.29) is 17.2 Å². The number of ketones is 1. The van der Waals surface area contributed by atoms with Crippen molar-refractivity contribution in [1.82, 2.24) is 0 Å². The van der Waals surface area contributed by atoms with Crippen LogP contribution in [0.3, 0.4) is 0 Å². The average Bonchev–Trinajstić information content (AvgIpc) is 2.42. The van der Waals surface area contributed by atoms with Gasteiger partial charge in [-0.3, -0.25) is 25.7 Å². The summed E-state index contributed by atoms with van der Waals surface area (Å²) in [7, 11) is 0.